The van der Waals surface area contributed by atoms with E-state index >= 15 is 0 Å². The van der Waals surface area contributed by atoms with Crippen molar-refractivity contribution in [2.24, 2.45) is 5.14 Å². The quantitative estimate of drug-likeness (QED) is 0.853. The van der Waals surface area contributed by atoms with Crippen LogP contribution < -0.4 is 10.9 Å². The van der Waals surface area contributed by atoms with E-state index in [1.807, 2.05) is 12.1 Å². The molecule has 0 unspecified atom stereocenters. The summed E-state index contributed by atoms with van der Waals surface area (Å²) in [7, 11) is -3.73. The van der Waals surface area contributed by atoms with E-state index in [0.717, 1.165) is 9.79 Å². The Morgan fingerprint density at radius 3 is 2.21 bits per heavy atom. The van der Waals surface area contributed by atoms with Gasteiger partial charge in [0.05, 0.1) is 4.90 Å². The van der Waals surface area contributed by atoms with Crippen LogP contribution in [0.5, 0.6) is 0 Å². The van der Waals surface area contributed by atoms with E-state index in [9.17, 15) is 8.42 Å². The third-order valence-electron chi connectivity index (χ3n) is 2.35. The van der Waals surface area contributed by atoms with Crippen molar-refractivity contribution >= 4 is 39.1 Å². The number of primary sulfonamides is 1. The van der Waals surface area contributed by atoms with Gasteiger partial charge in [0.2, 0.25) is 10.0 Å². The number of hydrogen-bond donors (Lipinski definition) is 2. The lowest BCUT2D eigenvalue weighted by molar-refractivity contribution is 0.598. The molecule has 19 heavy (non-hydrogen) atoms. The Labute approximate surface area is 120 Å². The van der Waals surface area contributed by atoms with Crippen LogP contribution in [0.2, 0.25) is 5.02 Å². The molecule has 0 amide bonds. The lowest BCUT2D eigenvalue weighted by Gasteiger charge is -2.07. The summed E-state index contributed by atoms with van der Waals surface area (Å²) in [6.45, 7) is 0. The topological polar surface area (TPSA) is 86.2 Å². The Kier molecular flexibility index (Phi) is 4.05. The molecule has 100 valence electrons. The van der Waals surface area contributed by atoms with Gasteiger partial charge in [-0.2, -0.15) is 0 Å². The van der Waals surface area contributed by atoms with Crippen molar-refractivity contribution in [2.75, 3.05) is 5.73 Å². The number of sulfonamides is 1. The van der Waals surface area contributed by atoms with E-state index in [0.29, 0.717) is 10.7 Å². The molecule has 7 heteroatoms. The second kappa shape index (κ2) is 5.42. The summed E-state index contributed by atoms with van der Waals surface area (Å²) >= 11 is 7.23. The van der Waals surface area contributed by atoms with Crippen molar-refractivity contribution in [3.63, 3.8) is 0 Å². The molecule has 0 saturated carbocycles. The number of nitrogen functional groups attached to an aromatic ring is 1. The molecule has 0 aromatic heterocycles. The van der Waals surface area contributed by atoms with Crippen LogP contribution in [0.1, 0.15) is 0 Å². The lowest BCUT2D eigenvalue weighted by Crippen LogP contribution is -2.12. The Bertz CT molecular complexity index is 700. The van der Waals surface area contributed by atoms with Crippen LogP contribution >= 0.6 is 23.4 Å². The predicted octanol–water partition coefficient (Wildman–Crippen LogP) is 2.72. The first-order chi connectivity index (χ1) is 8.86. The summed E-state index contributed by atoms with van der Waals surface area (Å²) in [5, 5.41) is 5.69. The maximum absolute atomic E-state index is 11.2. The van der Waals surface area contributed by atoms with Crippen molar-refractivity contribution in [3.8, 4) is 0 Å². The fourth-order valence-corrected chi connectivity index (χ4v) is 2.94. The summed E-state index contributed by atoms with van der Waals surface area (Å²) in [6.07, 6.45) is 0. The molecule has 0 fully saturated rings. The molecular formula is C12H11ClN2O2S2. The number of anilines is 1. The fraction of sp³-hybridized carbons (Fsp3) is 0. The zero-order chi connectivity index (χ0) is 14.0. The minimum absolute atomic E-state index is 0.00505. The average molecular weight is 315 g/mol. The van der Waals surface area contributed by atoms with Gasteiger partial charge in [-0.05, 0) is 42.5 Å². The Hall–Kier alpha value is -1.21. The number of rotatable bonds is 3. The van der Waals surface area contributed by atoms with Crippen molar-refractivity contribution < 1.29 is 8.42 Å². The molecule has 0 radical (unpaired) electrons. The molecule has 0 saturated heterocycles. The van der Waals surface area contributed by atoms with Crippen molar-refractivity contribution in [2.45, 2.75) is 14.7 Å². The molecule has 2 aromatic rings. The molecule has 0 aliphatic rings. The van der Waals surface area contributed by atoms with E-state index in [1.54, 1.807) is 18.2 Å². The Morgan fingerprint density at radius 2 is 1.68 bits per heavy atom. The molecule has 0 aliphatic carbocycles. The number of hydrogen-bond acceptors (Lipinski definition) is 4. The van der Waals surface area contributed by atoms with Crippen LogP contribution in [0.25, 0.3) is 0 Å². The number of nitrogens with two attached hydrogens (primary N) is 2. The summed E-state index contributed by atoms with van der Waals surface area (Å²) in [5.41, 5.74) is 6.20. The summed E-state index contributed by atoms with van der Waals surface area (Å²) in [6, 6.07) is 11.7. The van der Waals surface area contributed by atoms with Crippen LogP contribution in [0, 0.1) is 0 Å². The van der Waals surface area contributed by atoms with Gasteiger partial charge in [-0.1, -0.05) is 23.4 Å². The van der Waals surface area contributed by atoms with Gasteiger partial charge in [-0.15, -0.1) is 0 Å². The molecular weight excluding hydrogens is 304 g/mol. The minimum Gasteiger partial charge on any atom is -0.398 e. The highest BCUT2D eigenvalue weighted by atomic mass is 35.5. The lowest BCUT2D eigenvalue weighted by atomic mass is 10.3. The molecule has 0 spiro atoms. The van der Waals surface area contributed by atoms with Gasteiger partial charge in [-0.25, -0.2) is 13.6 Å². The number of benzene rings is 2. The first kappa shape index (κ1) is 14.2. The van der Waals surface area contributed by atoms with Gasteiger partial charge >= 0.3 is 0 Å². The smallest absolute Gasteiger partial charge is 0.238 e. The average Bonchev–Trinajstić information content (AvgIpc) is 2.33. The van der Waals surface area contributed by atoms with Crippen LogP contribution in [-0.4, -0.2) is 8.42 Å². The van der Waals surface area contributed by atoms with Gasteiger partial charge in [0.1, 0.15) is 0 Å². The highest BCUT2D eigenvalue weighted by Crippen LogP contribution is 2.33. The van der Waals surface area contributed by atoms with Crippen LogP contribution in [0.4, 0.5) is 5.69 Å². The SMILES string of the molecule is Nc1cc(S(N)(=O)=O)ccc1Sc1ccc(Cl)cc1. The first-order valence-corrected chi connectivity index (χ1v) is 7.96. The normalized spacial score (nSPS) is 11.5. The largest absolute Gasteiger partial charge is 0.398 e. The highest BCUT2D eigenvalue weighted by molar-refractivity contribution is 7.99. The maximum Gasteiger partial charge on any atom is 0.238 e. The summed E-state index contributed by atoms with van der Waals surface area (Å²) in [4.78, 5) is 1.72. The third-order valence-corrected chi connectivity index (χ3v) is 4.61. The molecule has 0 aliphatic heterocycles. The summed E-state index contributed by atoms with van der Waals surface area (Å²) in [5.74, 6) is 0. The zero-order valence-electron chi connectivity index (χ0n) is 9.71. The Morgan fingerprint density at radius 1 is 1.05 bits per heavy atom. The summed E-state index contributed by atoms with van der Waals surface area (Å²) < 4.78 is 22.4. The molecule has 0 bridgehead atoms. The molecule has 4 N–H and O–H groups in total. The third kappa shape index (κ3) is 3.63. The molecule has 0 heterocycles. The fourth-order valence-electron chi connectivity index (χ4n) is 1.43. The van der Waals surface area contributed by atoms with Gasteiger partial charge in [-0.3, -0.25) is 0 Å². The van der Waals surface area contributed by atoms with E-state index < -0.39 is 10.0 Å². The highest BCUT2D eigenvalue weighted by Gasteiger charge is 2.10. The second-order valence-corrected chi connectivity index (χ2v) is 6.91. The first-order valence-electron chi connectivity index (χ1n) is 5.22. The van der Waals surface area contributed by atoms with Gasteiger partial charge in [0.15, 0.2) is 0 Å². The van der Waals surface area contributed by atoms with E-state index in [-0.39, 0.29) is 4.90 Å². The standard InChI is InChI=1S/C12H11ClN2O2S2/c13-8-1-3-9(4-2-8)18-12-6-5-10(7-11(12)14)19(15,16)17/h1-7H,14H2,(H2,15,16,17). The van der Waals surface area contributed by atoms with E-state index in [2.05, 4.69) is 0 Å². The second-order valence-electron chi connectivity index (χ2n) is 3.80. The minimum atomic E-state index is -3.73. The molecule has 4 nitrogen and oxygen atoms in total. The van der Waals surface area contributed by atoms with Crippen molar-refractivity contribution in [1.82, 2.24) is 0 Å². The van der Waals surface area contributed by atoms with Gasteiger partial charge in [0, 0.05) is 20.5 Å². The maximum atomic E-state index is 11.2. The predicted molar refractivity (Wildman–Crippen MR) is 77.8 cm³/mol. The van der Waals surface area contributed by atoms with Crippen LogP contribution in [0.3, 0.4) is 0 Å². The van der Waals surface area contributed by atoms with Crippen molar-refractivity contribution in [3.05, 3.63) is 47.5 Å². The Balaban J connectivity index is 2.29. The number of halogens is 1. The molecule has 2 aromatic carbocycles. The molecule has 0 atom stereocenters. The van der Waals surface area contributed by atoms with Crippen LogP contribution in [-0.2, 0) is 10.0 Å². The van der Waals surface area contributed by atoms with Gasteiger partial charge in [0.25, 0.3) is 0 Å². The molecule has 2 rings (SSSR count). The van der Waals surface area contributed by atoms with Crippen LogP contribution in [0.15, 0.2) is 57.2 Å². The monoisotopic (exact) mass is 314 g/mol. The van der Waals surface area contributed by atoms with Gasteiger partial charge < -0.3 is 5.73 Å². The van der Waals surface area contributed by atoms with E-state index in [4.69, 9.17) is 22.5 Å². The zero-order valence-corrected chi connectivity index (χ0v) is 12.1. The van der Waals surface area contributed by atoms with E-state index in [1.165, 1.54) is 23.9 Å². The van der Waals surface area contributed by atoms with Crippen molar-refractivity contribution in [1.29, 1.82) is 0 Å².